The molecule has 0 heterocycles. The maximum absolute atomic E-state index is 14.2. The lowest BCUT2D eigenvalue weighted by Gasteiger charge is -2.19. The number of halogens is 1. The molecule has 1 saturated carbocycles. The summed E-state index contributed by atoms with van der Waals surface area (Å²) >= 11 is -2.05. The number of hydrogen-bond donors (Lipinski definition) is 3. The van der Waals surface area contributed by atoms with Crippen LogP contribution >= 0.6 is 0 Å². The third-order valence-corrected chi connectivity index (χ3v) is 5.96. The molecule has 7 heteroatoms. The van der Waals surface area contributed by atoms with Crippen LogP contribution in [0.25, 0.3) is 0 Å². The van der Waals surface area contributed by atoms with Gasteiger partial charge in [-0.1, -0.05) is 51.1 Å². The number of anilines is 1. The number of hydrogen-bond acceptors (Lipinski definition) is 3. The highest BCUT2D eigenvalue weighted by atomic mass is 32.2. The van der Waals surface area contributed by atoms with Gasteiger partial charge in [-0.3, -0.25) is 4.79 Å². The molecule has 2 aromatic carbocycles. The molecule has 162 valence electrons. The first-order valence-electron chi connectivity index (χ1n) is 10.1. The largest absolute Gasteiger partial charge is 0.369 e. The minimum absolute atomic E-state index is 0.0225. The first-order chi connectivity index (χ1) is 14.1. The second-order valence-electron chi connectivity index (χ2n) is 8.93. The van der Waals surface area contributed by atoms with Crippen LogP contribution in [0.3, 0.4) is 0 Å². The van der Waals surface area contributed by atoms with Crippen LogP contribution in [0.2, 0.25) is 0 Å². The van der Waals surface area contributed by atoms with Gasteiger partial charge in [-0.25, -0.2) is 8.60 Å². The summed E-state index contributed by atoms with van der Waals surface area (Å²) in [6.45, 7) is 8.35. The van der Waals surface area contributed by atoms with E-state index in [-0.39, 0.29) is 40.8 Å². The molecule has 4 atom stereocenters. The van der Waals surface area contributed by atoms with Gasteiger partial charge in [0.05, 0.1) is 11.7 Å². The molecule has 0 aromatic heterocycles. The van der Waals surface area contributed by atoms with Crippen molar-refractivity contribution >= 4 is 22.7 Å². The van der Waals surface area contributed by atoms with E-state index in [9.17, 15) is 13.4 Å². The van der Waals surface area contributed by atoms with E-state index >= 15 is 0 Å². The zero-order valence-electron chi connectivity index (χ0n) is 17.7. The van der Waals surface area contributed by atoms with E-state index in [2.05, 4.69) is 55.7 Å². The summed E-state index contributed by atoms with van der Waals surface area (Å²) in [5, 5.41) is 5.55. The van der Waals surface area contributed by atoms with Gasteiger partial charge in [-0.15, -0.1) is 0 Å². The van der Waals surface area contributed by atoms with Gasteiger partial charge in [-0.05, 0) is 53.5 Å². The number of nitrogens with one attached hydrogen (secondary N) is 2. The van der Waals surface area contributed by atoms with Gasteiger partial charge in [0.15, 0.2) is 11.1 Å². The molecule has 0 saturated heterocycles. The number of carbonyl (C=O) groups is 1. The standard InChI is InChI=1S/C23H29FN2O3S/c1-14(16-7-10-21(20(24)11-16)25-13-30(28)29)26-22(27)19-12-18(19)15-5-8-17(9-6-15)23(2,3)4/h5-11,14,18-19,25H,12-13H2,1-4H3,(H,26,27)(H,28,29)/t14-,18?,19?/m1/s1. The number of amides is 1. The van der Waals surface area contributed by atoms with Crippen molar-refractivity contribution in [2.24, 2.45) is 5.92 Å². The third-order valence-electron chi connectivity index (χ3n) is 5.57. The molecule has 3 N–H and O–H groups in total. The zero-order chi connectivity index (χ0) is 22.1. The van der Waals surface area contributed by atoms with Gasteiger partial charge in [0.2, 0.25) is 5.91 Å². The Labute approximate surface area is 179 Å². The second-order valence-corrected chi connectivity index (χ2v) is 9.86. The minimum atomic E-state index is -2.05. The topological polar surface area (TPSA) is 78.4 Å². The molecule has 3 rings (SSSR count). The summed E-state index contributed by atoms with van der Waals surface area (Å²) in [5.41, 5.74) is 3.35. The summed E-state index contributed by atoms with van der Waals surface area (Å²) in [5.74, 6) is -0.623. The highest BCUT2D eigenvalue weighted by Crippen LogP contribution is 2.48. The van der Waals surface area contributed by atoms with Crippen LogP contribution in [-0.4, -0.2) is 20.5 Å². The predicted octanol–water partition coefficient (Wildman–Crippen LogP) is 4.70. The Morgan fingerprint density at radius 3 is 2.47 bits per heavy atom. The third kappa shape index (κ3) is 5.46. The van der Waals surface area contributed by atoms with Gasteiger partial charge in [0.1, 0.15) is 11.7 Å². The fourth-order valence-electron chi connectivity index (χ4n) is 3.57. The summed E-state index contributed by atoms with van der Waals surface area (Å²) < 4.78 is 33.7. The molecule has 0 spiro atoms. The molecule has 1 aliphatic rings. The van der Waals surface area contributed by atoms with Crippen molar-refractivity contribution in [3.8, 4) is 0 Å². The first kappa shape index (κ1) is 22.4. The van der Waals surface area contributed by atoms with Crippen molar-refractivity contribution < 1.29 is 17.9 Å². The monoisotopic (exact) mass is 432 g/mol. The van der Waals surface area contributed by atoms with Crippen LogP contribution in [0.1, 0.15) is 62.8 Å². The van der Waals surface area contributed by atoms with E-state index in [0.29, 0.717) is 5.56 Å². The molecule has 5 nitrogen and oxygen atoms in total. The van der Waals surface area contributed by atoms with E-state index < -0.39 is 16.9 Å². The zero-order valence-corrected chi connectivity index (χ0v) is 18.6. The molecule has 0 bridgehead atoms. The van der Waals surface area contributed by atoms with Gasteiger partial charge in [-0.2, -0.15) is 0 Å². The van der Waals surface area contributed by atoms with Crippen molar-refractivity contribution in [3.63, 3.8) is 0 Å². The Morgan fingerprint density at radius 2 is 1.90 bits per heavy atom. The summed E-state index contributed by atoms with van der Waals surface area (Å²) in [4.78, 5) is 12.6. The fraction of sp³-hybridized carbons (Fsp3) is 0.435. The van der Waals surface area contributed by atoms with Crippen molar-refractivity contribution in [2.45, 2.75) is 51.5 Å². The number of rotatable bonds is 7. The van der Waals surface area contributed by atoms with Crippen LogP contribution < -0.4 is 10.6 Å². The number of carbonyl (C=O) groups excluding carboxylic acids is 1. The average molecular weight is 433 g/mol. The predicted molar refractivity (Wildman–Crippen MR) is 118 cm³/mol. The van der Waals surface area contributed by atoms with E-state index in [1.807, 2.05) is 6.92 Å². The lowest BCUT2D eigenvalue weighted by atomic mass is 9.86. The SMILES string of the molecule is C[C@@H](NC(=O)C1CC1c1ccc(C(C)(C)C)cc1)c1ccc(NCS(=O)O)c(F)c1. The van der Waals surface area contributed by atoms with E-state index in [0.717, 1.165) is 6.42 Å². The highest BCUT2D eigenvalue weighted by Gasteiger charge is 2.44. The van der Waals surface area contributed by atoms with Gasteiger partial charge in [0.25, 0.3) is 0 Å². The molecular weight excluding hydrogens is 403 g/mol. The van der Waals surface area contributed by atoms with Crippen molar-refractivity contribution in [3.05, 3.63) is 65.0 Å². The lowest BCUT2D eigenvalue weighted by molar-refractivity contribution is -0.123. The Balaban J connectivity index is 1.57. The summed E-state index contributed by atoms with van der Waals surface area (Å²) in [7, 11) is 0. The molecule has 2 aromatic rings. The average Bonchev–Trinajstić information content (AvgIpc) is 3.47. The van der Waals surface area contributed by atoms with Gasteiger partial charge < -0.3 is 15.2 Å². The fourth-order valence-corrected chi connectivity index (χ4v) is 3.85. The minimum Gasteiger partial charge on any atom is -0.369 e. The van der Waals surface area contributed by atoms with Crippen molar-refractivity contribution in [1.82, 2.24) is 5.32 Å². The number of benzene rings is 2. The molecule has 0 aliphatic heterocycles. The van der Waals surface area contributed by atoms with Crippen molar-refractivity contribution in [2.75, 3.05) is 11.2 Å². The second kappa shape index (κ2) is 8.86. The Hall–Kier alpha value is -2.25. The maximum Gasteiger partial charge on any atom is 0.224 e. The normalized spacial score (nSPS) is 20.3. The molecule has 1 fully saturated rings. The quantitative estimate of drug-likeness (QED) is 0.555. The molecule has 1 aliphatic carbocycles. The van der Waals surface area contributed by atoms with E-state index in [1.165, 1.54) is 23.3 Å². The molecule has 0 radical (unpaired) electrons. The van der Waals surface area contributed by atoms with E-state index in [4.69, 9.17) is 4.55 Å². The molecule has 1 amide bonds. The molecular formula is C23H29FN2O3S. The van der Waals surface area contributed by atoms with Gasteiger partial charge >= 0.3 is 0 Å². The summed E-state index contributed by atoms with van der Waals surface area (Å²) in [6, 6.07) is 12.7. The van der Waals surface area contributed by atoms with Crippen molar-refractivity contribution in [1.29, 1.82) is 0 Å². The smallest absolute Gasteiger partial charge is 0.224 e. The van der Waals surface area contributed by atoms with Crippen LogP contribution in [0.15, 0.2) is 42.5 Å². The Morgan fingerprint density at radius 1 is 1.23 bits per heavy atom. The summed E-state index contributed by atoms with van der Waals surface area (Å²) in [6.07, 6.45) is 0.822. The Bertz CT molecular complexity index is 940. The van der Waals surface area contributed by atoms with Crippen LogP contribution in [0.5, 0.6) is 0 Å². The Kier molecular flexibility index (Phi) is 6.62. The maximum atomic E-state index is 14.2. The van der Waals surface area contributed by atoms with Gasteiger partial charge in [0, 0.05) is 5.92 Å². The van der Waals surface area contributed by atoms with Crippen LogP contribution in [0, 0.1) is 11.7 Å². The molecule has 30 heavy (non-hydrogen) atoms. The highest BCUT2D eigenvalue weighted by molar-refractivity contribution is 7.79. The lowest BCUT2D eigenvalue weighted by Crippen LogP contribution is -2.28. The van der Waals surface area contributed by atoms with Crippen LogP contribution in [0.4, 0.5) is 10.1 Å². The van der Waals surface area contributed by atoms with Crippen LogP contribution in [-0.2, 0) is 21.3 Å². The molecule has 3 unspecified atom stereocenters. The first-order valence-corrected chi connectivity index (χ1v) is 11.4. The van der Waals surface area contributed by atoms with E-state index in [1.54, 1.807) is 6.07 Å².